The van der Waals surface area contributed by atoms with Gasteiger partial charge in [-0.05, 0) is 49.8 Å². The number of anilines is 1. The summed E-state index contributed by atoms with van der Waals surface area (Å²) in [5, 5.41) is 4.12. The summed E-state index contributed by atoms with van der Waals surface area (Å²) < 4.78 is 33.8. The van der Waals surface area contributed by atoms with E-state index in [-0.39, 0.29) is 28.9 Å². The van der Waals surface area contributed by atoms with Crippen molar-refractivity contribution < 1.29 is 17.9 Å². The van der Waals surface area contributed by atoms with Gasteiger partial charge < -0.3 is 9.64 Å². The number of halogens is 1. The average molecular weight is 484 g/mol. The largest absolute Gasteiger partial charge is 0.467 e. The van der Waals surface area contributed by atoms with Crippen LogP contribution in [0.25, 0.3) is 0 Å². The van der Waals surface area contributed by atoms with Gasteiger partial charge in [-0.1, -0.05) is 23.7 Å². The molecule has 2 aromatic rings. The highest BCUT2D eigenvalue weighted by Crippen LogP contribution is 2.37. The van der Waals surface area contributed by atoms with E-state index in [1.807, 2.05) is 34.3 Å². The van der Waals surface area contributed by atoms with E-state index in [1.54, 1.807) is 18.2 Å². The Bertz CT molecular complexity index is 1070. The topological polar surface area (TPSA) is 81.5 Å². The summed E-state index contributed by atoms with van der Waals surface area (Å²) >= 11 is 8.13. The van der Waals surface area contributed by atoms with Gasteiger partial charge in [-0.15, -0.1) is 0 Å². The quantitative estimate of drug-likeness (QED) is 0.602. The maximum atomic E-state index is 13.4. The predicted octanol–water partition coefficient (Wildman–Crippen LogP) is 3.51. The molecule has 0 spiro atoms. The van der Waals surface area contributed by atoms with Gasteiger partial charge in [0, 0.05) is 12.6 Å². The summed E-state index contributed by atoms with van der Waals surface area (Å²) in [6.07, 6.45) is 2.14. The fourth-order valence-corrected chi connectivity index (χ4v) is 7.71. The molecule has 2 saturated heterocycles. The first-order valence-electron chi connectivity index (χ1n) is 10.3. The van der Waals surface area contributed by atoms with E-state index in [9.17, 15) is 13.2 Å². The van der Waals surface area contributed by atoms with Crippen molar-refractivity contribution in [3.63, 3.8) is 0 Å². The molecule has 31 heavy (non-hydrogen) atoms. The maximum absolute atomic E-state index is 13.4. The van der Waals surface area contributed by atoms with E-state index >= 15 is 0 Å². The minimum atomic E-state index is -3.73. The number of carbonyl (C=O) groups excluding carboxylic acids is 1. The number of thioether (sulfide) groups is 1. The summed E-state index contributed by atoms with van der Waals surface area (Å²) in [6.45, 7) is 2.10. The van der Waals surface area contributed by atoms with E-state index in [4.69, 9.17) is 21.4 Å². The van der Waals surface area contributed by atoms with Gasteiger partial charge in [0.2, 0.25) is 0 Å². The number of esters is 1. The van der Waals surface area contributed by atoms with Crippen LogP contribution in [0, 0.1) is 6.92 Å². The number of carbonyl (C=O) groups is 1. The fraction of sp³-hybridized carbons (Fsp3) is 0.524. The van der Waals surface area contributed by atoms with Crippen molar-refractivity contribution >= 4 is 45.0 Å². The summed E-state index contributed by atoms with van der Waals surface area (Å²) in [6, 6.07) is 7.91. The number of hydrogen-bond donors (Lipinski definition) is 0. The maximum Gasteiger partial charge on any atom is 0.328 e. The molecule has 0 saturated carbocycles. The third-order valence-electron chi connectivity index (χ3n) is 5.99. The lowest BCUT2D eigenvalue weighted by Gasteiger charge is -2.29. The van der Waals surface area contributed by atoms with E-state index in [0.29, 0.717) is 0 Å². The molecule has 0 N–H and O–H groups in total. The van der Waals surface area contributed by atoms with Crippen LogP contribution >= 0.6 is 23.4 Å². The fourth-order valence-electron chi connectivity index (χ4n) is 4.41. The number of sulfone groups is 1. The normalized spacial score (nSPS) is 22.6. The van der Waals surface area contributed by atoms with Crippen LogP contribution in [0.5, 0.6) is 0 Å². The van der Waals surface area contributed by atoms with Gasteiger partial charge >= 0.3 is 5.97 Å². The Morgan fingerprint density at radius 3 is 2.65 bits per heavy atom. The zero-order valence-corrected chi connectivity index (χ0v) is 19.9. The Morgan fingerprint density at radius 2 is 1.97 bits per heavy atom. The molecule has 3 heterocycles. The number of benzene rings is 1. The molecule has 0 amide bonds. The molecular weight excluding hydrogens is 458 g/mol. The summed E-state index contributed by atoms with van der Waals surface area (Å²) in [5.41, 5.74) is 0.842. The molecule has 2 atom stereocenters. The monoisotopic (exact) mass is 483 g/mol. The molecule has 0 bridgehead atoms. The first kappa shape index (κ1) is 22.5. The summed E-state index contributed by atoms with van der Waals surface area (Å²) in [4.78, 5) is 14.6. The van der Waals surface area contributed by atoms with Crippen LogP contribution in [0.3, 0.4) is 0 Å². The Labute approximate surface area is 192 Å². The Kier molecular flexibility index (Phi) is 6.55. The highest BCUT2D eigenvalue weighted by atomic mass is 35.5. The number of aryl methyl sites for hydroxylation is 1. The van der Waals surface area contributed by atoms with Crippen LogP contribution in [0.4, 0.5) is 5.82 Å². The zero-order valence-electron chi connectivity index (χ0n) is 17.5. The zero-order chi connectivity index (χ0) is 22.2. The summed E-state index contributed by atoms with van der Waals surface area (Å²) in [5.74, 6) is 2.46. The Hall–Kier alpha value is -1.71. The number of ether oxygens (including phenoxy) is 1. The highest BCUT2D eigenvalue weighted by Gasteiger charge is 2.45. The standard InChI is InChI=1S/C21H26ClN3O4S2/c1-14-11-20(25(23-14)15-7-9-30-10-8-15)24-13-16(12-18(24)21(26)29-2)31(27,28)19-6-4-3-5-17(19)22/h3-6,11,15-16,18H,7-10,12-13H2,1-2H3/t16-,18?/m1/s1. The second-order valence-electron chi connectivity index (χ2n) is 7.96. The third-order valence-corrected chi connectivity index (χ3v) is 9.67. The SMILES string of the molecule is COC(=O)C1C[C@@H](S(=O)(=O)c2ccccc2Cl)CN1c1cc(C)nn1C1CCSCC1. The molecule has 2 aliphatic heterocycles. The lowest BCUT2D eigenvalue weighted by Crippen LogP contribution is -2.39. The van der Waals surface area contributed by atoms with Gasteiger partial charge in [-0.3, -0.25) is 0 Å². The Morgan fingerprint density at radius 1 is 1.26 bits per heavy atom. The first-order chi connectivity index (χ1) is 14.8. The molecule has 1 aromatic heterocycles. The molecule has 7 nitrogen and oxygen atoms in total. The van der Waals surface area contributed by atoms with Crippen LogP contribution in [-0.4, -0.2) is 60.6 Å². The number of nitrogens with zero attached hydrogens (tertiary/aromatic N) is 3. The minimum Gasteiger partial charge on any atom is -0.467 e. The molecule has 1 unspecified atom stereocenters. The molecule has 2 fully saturated rings. The van der Waals surface area contributed by atoms with E-state index in [2.05, 4.69) is 0 Å². The smallest absolute Gasteiger partial charge is 0.328 e. The van der Waals surface area contributed by atoms with Gasteiger partial charge in [0.25, 0.3) is 0 Å². The second kappa shape index (κ2) is 9.03. The first-order valence-corrected chi connectivity index (χ1v) is 13.4. The van der Waals surface area contributed by atoms with Crippen molar-refractivity contribution in [3.8, 4) is 0 Å². The summed E-state index contributed by atoms with van der Waals surface area (Å²) in [7, 11) is -2.40. The van der Waals surface area contributed by atoms with E-state index in [1.165, 1.54) is 13.2 Å². The van der Waals surface area contributed by atoms with Crippen molar-refractivity contribution in [2.75, 3.05) is 30.1 Å². The van der Waals surface area contributed by atoms with Crippen LogP contribution in [-0.2, 0) is 19.4 Å². The number of aromatic nitrogens is 2. The minimum absolute atomic E-state index is 0.0983. The highest BCUT2D eigenvalue weighted by molar-refractivity contribution is 7.99. The van der Waals surface area contributed by atoms with Gasteiger partial charge in [0.15, 0.2) is 9.84 Å². The van der Waals surface area contributed by atoms with Crippen LogP contribution < -0.4 is 4.90 Å². The van der Waals surface area contributed by atoms with Crippen molar-refractivity contribution in [2.24, 2.45) is 0 Å². The van der Waals surface area contributed by atoms with E-state index in [0.717, 1.165) is 35.9 Å². The second-order valence-corrected chi connectivity index (χ2v) is 11.8. The molecular formula is C21H26ClN3O4S2. The van der Waals surface area contributed by atoms with Crippen LogP contribution in [0.1, 0.15) is 31.0 Å². The van der Waals surface area contributed by atoms with Gasteiger partial charge in [0.1, 0.15) is 11.9 Å². The van der Waals surface area contributed by atoms with Crippen molar-refractivity contribution in [1.29, 1.82) is 0 Å². The lowest BCUT2D eigenvalue weighted by molar-refractivity contribution is -0.141. The molecule has 10 heteroatoms. The van der Waals surface area contributed by atoms with Crippen LogP contribution in [0.15, 0.2) is 35.2 Å². The molecule has 1 aromatic carbocycles. The molecule has 0 radical (unpaired) electrons. The number of methoxy groups -OCH3 is 1. The predicted molar refractivity (Wildman–Crippen MR) is 123 cm³/mol. The van der Waals surface area contributed by atoms with Gasteiger partial charge in [-0.2, -0.15) is 16.9 Å². The van der Waals surface area contributed by atoms with E-state index < -0.39 is 27.1 Å². The Balaban J connectivity index is 1.71. The molecule has 4 rings (SSSR count). The lowest BCUT2D eigenvalue weighted by atomic mass is 10.1. The average Bonchev–Trinajstić information content (AvgIpc) is 3.38. The molecule has 2 aliphatic rings. The van der Waals surface area contributed by atoms with Gasteiger partial charge in [0.05, 0.1) is 34.0 Å². The van der Waals surface area contributed by atoms with Crippen molar-refractivity contribution in [2.45, 2.75) is 48.4 Å². The van der Waals surface area contributed by atoms with Crippen LogP contribution in [0.2, 0.25) is 5.02 Å². The third kappa shape index (κ3) is 4.32. The molecule has 168 valence electrons. The van der Waals surface area contributed by atoms with Crippen molar-refractivity contribution in [3.05, 3.63) is 41.0 Å². The number of hydrogen-bond acceptors (Lipinski definition) is 7. The molecule has 0 aliphatic carbocycles. The van der Waals surface area contributed by atoms with Crippen molar-refractivity contribution in [1.82, 2.24) is 9.78 Å². The number of rotatable bonds is 5. The van der Waals surface area contributed by atoms with Gasteiger partial charge in [-0.25, -0.2) is 17.9 Å².